The van der Waals surface area contributed by atoms with Gasteiger partial charge in [0, 0.05) is 6.61 Å². The highest BCUT2D eigenvalue weighted by Gasteiger charge is 2.19. The van der Waals surface area contributed by atoms with Gasteiger partial charge in [-0.3, -0.25) is 4.79 Å². The molecule has 0 heterocycles. The molecule has 0 aliphatic heterocycles. The zero-order valence-electron chi connectivity index (χ0n) is 10.9. The fourth-order valence-corrected chi connectivity index (χ4v) is 2.48. The molecule has 3 nitrogen and oxygen atoms in total. The highest BCUT2D eigenvalue weighted by molar-refractivity contribution is 7.99. The lowest BCUT2D eigenvalue weighted by Gasteiger charge is -2.21. The van der Waals surface area contributed by atoms with E-state index in [4.69, 9.17) is 5.11 Å². The van der Waals surface area contributed by atoms with Gasteiger partial charge in [0.2, 0.25) is 5.91 Å². The normalized spacial score (nSPS) is 13.9. The molecule has 1 rings (SSSR count). The summed E-state index contributed by atoms with van der Waals surface area (Å²) in [6.45, 7) is 2.07. The van der Waals surface area contributed by atoms with Gasteiger partial charge in [-0.05, 0) is 24.7 Å². The Balaban J connectivity index is 2.72. The van der Waals surface area contributed by atoms with E-state index in [0.29, 0.717) is 6.42 Å². The van der Waals surface area contributed by atoms with Gasteiger partial charge in [-0.15, -0.1) is 0 Å². The van der Waals surface area contributed by atoms with Crippen LogP contribution in [0.5, 0.6) is 0 Å². The van der Waals surface area contributed by atoms with Crippen LogP contribution in [0, 0.1) is 0 Å². The van der Waals surface area contributed by atoms with Crippen molar-refractivity contribution in [2.24, 2.45) is 0 Å². The van der Waals surface area contributed by atoms with Gasteiger partial charge >= 0.3 is 0 Å². The van der Waals surface area contributed by atoms with Gasteiger partial charge in [0.05, 0.1) is 11.3 Å². The van der Waals surface area contributed by atoms with Crippen LogP contribution < -0.4 is 5.32 Å². The third-order valence-electron chi connectivity index (χ3n) is 2.88. The third-order valence-corrected chi connectivity index (χ3v) is 4.00. The van der Waals surface area contributed by atoms with E-state index in [2.05, 4.69) is 5.32 Å². The summed E-state index contributed by atoms with van der Waals surface area (Å²) in [7, 11) is 0. The molecule has 2 N–H and O–H groups in total. The van der Waals surface area contributed by atoms with Gasteiger partial charge < -0.3 is 10.4 Å². The summed E-state index contributed by atoms with van der Waals surface area (Å²) in [6, 6.07) is 9.67. The van der Waals surface area contributed by atoms with Gasteiger partial charge in [0.25, 0.3) is 0 Å². The average Bonchev–Trinajstić information content (AvgIpc) is 2.40. The molecule has 1 aromatic rings. The number of rotatable bonds is 7. The lowest BCUT2D eigenvalue weighted by Crippen LogP contribution is -2.35. The quantitative estimate of drug-likeness (QED) is 0.797. The number of hydrogen-bond acceptors (Lipinski definition) is 3. The highest BCUT2D eigenvalue weighted by Crippen LogP contribution is 2.18. The van der Waals surface area contributed by atoms with E-state index in [-0.39, 0.29) is 23.8 Å². The second-order valence-corrected chi connectivity index (χ2v) is 5.16. The van der Waals surface area contributed by atoms with E-state index in [0.717, 1.165) is 12.0 Å². The molecule has 0 aliphatic rings. The number of thioether (sulfide) groups is 1. The number of carbonyl (C=O) groups excluding carboxylic acids is 1. The van der Waals surface area contributed by atoms with Gasteiger partial charge in [-0.25, -0.2) is 0 Å². The summed E-state index contributed by atoms with van der Waals surface area (Å²) < 4.78 is 0. The van der Waals surface area contributed by atoms with Gasteiger partial charge in [0.1, 0.15) is 0 Å². The second-order valence-electron chi connectivity index (χ2n) is 4.12. The standard InChI is InChI=1S/C14H21NO2S/c1-3-13(18-2)14(17)15-12(9-10-16)11-7-5-4-6-8-11/h4-8,12-13,16H,3,9-10H2,1-2H3,(H,15,17). The molecule has 0 saturated carbocycles. The summed E-state index contributed by atoms with van der Waals surface area (Å²) in [5.74, 6) is 0.0484. The molecule has 1 amide bonds. The molecule has 2 atom stereocenters. The first-order chi connectivity index (χ1) is 8.72. The molecule has 0 radical (unpaired) electrons. The molecule has 0 aromatic heterocycles. The second kappa shape index (κ2) is 8.16. The fraction of sp³-hybridized carbons (Fsp3) is 0.500. The predicted molar refractivity (Wildman–Crippen MR) is 76.6 cm³/mol. The van der Waals surface area contributed by atoms with E-state index in [1.165, 1.54) is 0 Å². The highest BCUT2D eigenvalue weighted by atomic mass is 32.2. The van der Waals surface area contributed by atoms with Crippen molar-refractivity contribution in [1.29, 1.82) is 0 Å². The smallest absolute Gasteiger partial charge is 0.233 e. The number of hydrogen-bond donors (Lipinski definition) is 2. The third kappa shape index (κ3) is 4.35. The molecular weight excluding hydrogens is 246 g/mol. The van der Waals surface area contributed by atoms with Crippen molar-refractivity contribution < 1.29 is 9.90 Å². The van der Waals surface area contributed by atoms with Crippen LogP contribution in [-0.2, 0) is 4.79 Å². The number of aliphatic hydroxyl groups excluding tert-OH is 1. The van der Waals surface area contributed by atoms with Crippen molar-refractivity contribution in [2.45, 2.75) is 31.1 Å². The first-order valence-corrected chi connectivity index (χ1v) is 7.50. The Labute approximate surface area is 113 Å². The zero-order chi connectivity index (χ0) is 13.4. The SMILES string of the molecule is CCC(SC)C(=O)NC(CCO)c1ccccc1. The first-order valence-electron chi connectivity index (χ1n) is 6.21. The summed E-state index contributed by atoms with van der Waals surface area (Å²) in [5, 5.41) is 12.1. The molecule has 0 saturated heterocycles. The summed E-state index contributed by atoms with van der Waals surface area (Å²) in [4.78, 5) is 12.1. The Morgan fingerprint density at radius 2 is 2.06 bits per heavy atom. The molecular formula is C14H21NO2S. The number of benzene rings is 1. The monoisotopic (exact) mass is 267 g/mol. The van der Waals surface area contributed by atoms with Crippen LogP contribution in [0.15, 0.2) is 30.3 Å². The minimum Gasteiger partial charge on any atom is -0.396 e. The maximum Gasteiger partial charge on any atom is 0.233 e. The van der Waals surface area contributed by atoms with Crippen LogP contribution in [0.25, 0.3) is 0 Å². The Morgan fingerprint density at radius 1 is 1.39 bits per heavy atom. The maximum atomic E-state index is 12.1. The molecule has 0 fully saturated rings. The zero-order valence-corrected chi connectivity index (χ0v) is 11.7. The van der Waals surface area contributed by atoms with E-state index < -0.39 is 0 Å². The fourth-order valence-electron chi connectivity index (χ4n) is 1.86. The minimum absolute atomic E-state index is 0.0186. The van der Waals surface area contributed by atoms with E-state index in [1.54, 1.807) is 11.8 Å². The topological polar surface area (TPSA) is 49.3 Å². The Kier molecular flexibility index (Phi) is 6.83. The van der Waals surface area contributed by atoms with Crippen LogP contribution in [0.4, 0.5) is 0 Å². The van der Waals surface area contributed by atoms with Crippen LogP contribution in [0.1, 0.15) is 31.4 Å². The Hall–Kier alpha value is -1.00. The molecule has 0 bridgehead atoms. The summed E-state index contributed by atoms with van der Waals surface area (Å²) in [6.07, 6.45) is 3.30. The van der Waals surface area contributed by atoms with Crippen LogP contribution >= 0.6 is 11.8 Å². The van der Waals surface area contributed by atoms with Crippen molar-refractivity contribution in [1.82, 2.24) is 5.32 Å². The number of amides is 1. The molecule has 1 aromatic carbocycles. The van der Waals surface area contributed by atoms with Gasteiger partial charge in [0.15, 0.2) is 0 Å². The van der Waals surface area contributed by atoms with Crippen molar-refractivity contribution in [3.8, 4) is 0 Å². The van der Waals surface area contributed by atoms with Crippen LogP contribution in [-0.4, -0.2) is 29.1 Å². The van der Waals surface area contributed by atoms with Crippen molar-refractivity contribution in [2.75, 3.05) is 12.9 Å². The summed E-state index contributed by atoms with van der Waals surface area (Å²) >= 11 is 1.56. The van der Waals surface area contributed by atoms with E-state index in [1.807, 2.05) is 43.5 Å². The predicted octanol–water partition coefficient (Wildman–Crippen LogP) is 2.37. The Bertz CT molecular complexity index is 352. The summed E-state index contributed by atoms with van der Waals surface area (Å²) in [5.41, 5.74) is 1.04. The maximum absolute atomic E-state index is 12.1. The lowest BCUT2D eigenvalue weighted by molar-refractivity contribution is -0.121. The largest absolute Gasteiger partial charge is 0.396 e. The van der Waals surface area contributed by atoms with Gasteiger partial charge in [-0.1, -0.05) is 37.3 Å². The molecule has 4 heteroatoms. The van der Waals surface area contributed by atoms with E-state index >= 15 is 0 Å². The number of aliphatic hydroxyl groups is 1. The first kappa shape index (κ1) is 15.1. The van der Waals surface area contributed by atoms with Crippen LogP contribution in [0.2, 0.25) is 0 Å². The van der Waals surface area contributed by atoms with Crippen molar-refractivity contribution in [3.05, 3.63) is 35.9 Å². The van der Waals surface area contributed by atoms with Crippen molar-refractivity contribution >= 4 is 17.7 Å². The van der Waals surface area contributed by atoms with E-state index in [9.17, 15) is 4.79 Å². The Morgan fingerprint density at radius 3 is 2.56 bits per heavy atom. The number of carbonyl (C=O) groups is 1. The lowest BCUT2D eigenvalue weighted by atomic mass is 10.0. The van der Waals surface area contributed by atoms with Crippen molar-refractivity contribution in [3.63, 3.8) is 0 Å². The molecule has 100 valence electrons. The average molecular weight is 267 g/mol. The molecule has 2 unspecified atom stereocenters. The van der Waals surface area contributed by atoms with Gasteiger partial charge in [-0.2, -0.15) is 11.8 Å². The molecule has 18 heavy (non-hydrogen) atoms. The molecule has 0 spiro atoms. The minimum atomic E-state index is -0.107. The number of nitrogens with one attached hydrogen (secondary N) is 1. The molecule has 0 aliphatic carbocycles. The van der Waals surface area contributed by atoms with Crippen LogP contribution in [0.3, 0.4) is 0 Å².